The molecule has 0 aliphatic rings. The number of fused-ring (bicyclic) bond motifs is 1. The van der Waals surface area contributed by atoms with E-state index >= 15 is 0 Å². The van der Waals surface area contributed by atoms with Gasteiger partial charge in [-0.1, -0.05) is 0 Å². The molecule has 2 aromatic rings. The molecule has 2 heterocycles. The topological polar surface area (TPSA) is 46.4 Å². The molecule has 1 amide bonds. The SMILES string of the molecule is CC(C)(NC=O)c1ncc2sccn12. The van der Waals surface area contributed by atoms with Crippen LogP contribution in [0.4, 0.5) is 0 Å². The van der Waals surface area contributed by atoms with Crippen molar-refractivity contribution in [2.24, 2.45) is 0 Å². The fourth-order valence-corrected chi connectivity index (χ4v) is 2.11. The van der Waals surface area contributed by atoms with E-state index in [9.17, 15) is 4.79 Å². The van der Waals surface area contributed by atoms with Crippen LogP contribution >= 0.6 is 11.3 Å². The summed E-state index contributed by atoms with van der Waals surface area (Å²) >= 11 is 1.63. The smallest absolute Gasteiger partial charge is 0.207 e. The molecule has 0 aliphatic heterocycles. The van der Waals surface area contributed by atoms with Crippen LogP contribution in [0.3, 0.4) is 0 Å². The van der Waals surface area contributed by atoms with Gasteiger partial charge in [0.05, 0.1) is 11.7 Å². The number of carbonyl (C=O) groups is 1. The number of nitrogens with zero attached hydrogens (tertiary/aromatic N) is 2. The fourth-order valence-electron chi connectivity index (χ4n) is 1.41. The van der Waals surface area contributed by atoms with Gasteiger partial charge < -0.3 is 5.32 Å². The van der Waals surface area contributed by atoms with Gasteiger partial charge in [-0.3, -0.25) is 9.20 Å². The Hall–Kier alpha value is -1.36. The van der Waals surface area contributed by atoms with Crippen molar-refractivity contribution in [3.63, 3.8) is 0 Å². The van der Waals surface area contributed by atoms with Crippen LogP contribution < -0.4 is 5.32 Å². The summed E-state index contributed by atoms with van der Waals surface area (Å²) in [5.74, 6) is 0.848. The third kappa shape index (κ3) is 1.29. The van der Waals surface area contributed by atoms with Crippen LogP contribution in [0.15, 0.2) is 17.8 Å². The first-order chi connectivity index (χ1) is 6.65. The first-order valence-electron chi connectivity index (χ1n) is 4.27. The Morgan fingerprint density at radius 1 is 1.64 bits per heavy atom. The van der Waals surface area contributed by atoms with Crippen molar-refractivity contribution in [2.75, 3.05) is 0 Å². The first kappa shape index (κ1) is 9.21. The van der Waals surface area contributed by atoms with Crippen molar-refractivity contribution in [1.82, 2.24) is 14.7 Å². The quantitative estimate of drug-likeness (QED) is 0.776. The molecule has 0 unspecified atom stereocenters. The normalized spacial score (nSPS) is 11.9. The summed E-state index contributed by atoms with van der Waals surface area (Å²) in [6, 6.07) is 0. The molecule has 0 radical (unpaired) electrons. The van der Waals surface area contributed by atoms with Gasteiger partial charge in [0, 0.05) is 11.6 Å². The molecule has 14 heavy (non-hydrogen) atoms. The molecule has 0 aromatic carbocycles. The highest BCUT2D eigenvalue weighted by atomic mass is 32.1. The van der Waals surface area contributed by atoms with Gasteiger partial charge in [-0.2, -0.15) is 0 Å². The summed E-state index contributed by atoms with van der Waals surface area (Å²) in [6.45, 7) is 3.85. The monoisotopic (exact) mass is 209 g/mol. The molecule has 1 N–H and O–H groups in total. The van der Waals surface area contributed by atoms with Gasteiger partial charge in [-0.15, -0.1) is 11.3 Å². The number of rotatable bonds is 3. The highest BCUT2D eigenvalue weighted by molar-refractivity contribution is 7.15. The number of thiazole rings is 1. The molecule has 0 fully saturated rings. The summed E-state index contributed by atoms with van der Waals surface area (Å²) < 4.78 is 1.99. The number of hydrogen-bond acceptors (Lipinski definition) is 3. The Bertz CT molecular complexity index is 457. The van der Waals surface area contributed by atoms with E-state index in [1.165, 1.54) is 0 Å². The highest BCUT2D eigenvalue weighted by Gasteiger charge is 2.24. The van der Waals surface area contributed by atoms with E-state index < -0.39 is 5.54 Å². The molecule has 2 aromatic heterocycles. The Balaban J connectivity index is 2.52. The lowest BCUT2D eigenvalue weighted by Gasteiger charge is -2.21. The molecule has 74 valence electrons. The van der Waals surface area contributed by atoms with E-state index in [1.54, 1.807) is 11.3 Å². The second-order valence-corrected chi connectivity index (χ2v) is 4.51. The maximum absolute atomic E-state index is 10.4. The van der Waals surface area contributed by atoms with E-state index in [0.29, 0.717) is 6.41 Å². The van der Waals surface area contributed by atoms with Crippen LogP contribution in [0, 0.1) is 0 Å². The van der Waals surface area contributed by atoms with E-state index in [0.717, 1.165) is 10.7 Å². The molecule has 4 nitrogen and oxygen atoms in total. The molecular formula is C9H11N3OS. The average Bonchev–Trinajstić information content (AvgIpc) is 2.60. The molecule has 0 saturated carbocycles. The lowest BCUT2D eigenvalue weighted by atomic mass is 10.1. The largest absolute Gasteiger partial charge is 0.347 e. The zero-order valence-electron chi connectivity index (χ0n) is 8.02. The lowest BCUT2D eigenvalue weighted by molar-refractivity contribution is -0.111. The number of carbonyl (C=O) groups excluding carboxylic acids is 1. The highest BCUT2D eigenvalue weighted by Crippen LogP contribution is 2.22. The third-order valence-corrected chi connectivity index (χ3v) is 2.94. The molecule has 5 heteroatoms. The van der Waals surface area contributed by atoms with Crippen molar-refractivity contribution in [1.29, 1.82) is 0 Å². The van der Waals surface area contributed by atoms with E-state index in [-0.39, 0.29) is 0 Å². The Morgan fingerprint density at radius 2 is 2.43 bits per heavy atom. The number of nitrogens with one attached hydrogen (secondary N) is 1. The van der Waals surface area contributed by atoms with Gasteiger partial charge in [-0.25, -0.2) is 4.98 Å². The predicted molar refractivity (Wildman–Crippen MR) is 55.3 cm³/mol. The van der Waals surface area contributed by atoms with Crippen molar-refractivity contribution >= 4 is 22.6 Å². The Labute approximate surface area is 85.6 Å². The summed E-state index contributed by atoms with van der Waals surface area (Å²) in [5, 5.41) is 4.74. The maximum atomic E-state index is 10.4. The Morgan fingerprint density at radius 3 is 3.14 bits per heavy atom. The number of aromatic nitrogens is 2. The molecular weight excluding hydrogens is 198 g/mol. The summed E-state index contributed by atoms with van der Waals surface area (Å²) in [7, 11) is 0. The molecule has 0 bridgehead atoms. The molecule has 0 atom stereocenters. The Kier molecular flexibility index (Phi) is 2.03. The van der Waals surface area contributed by atoms with Gasteiger partial charge >= 0.3 is 0 Å². The summed E-state index contributed by atoms with van der Waals surface area (Å²) in [5.41, 5.74) is -0.435. The summed E-state index contributed by atoms with van der Waals surface area (Å²) in [6.07, 6.45) is 4.47. The minimum Gasteiger partial charge on any atom is -0.347 e. The number of imidazole rings is 1. The van der Waals surface area contributed by atoms with Crippen molar-refractivity contribution in [2.45, 2.75) is 19.4 Å². The molecule has 0 spiro atoms. The van der Waals surface area contributed by atoms with Gasteiger partial charge in [0.15, 0.2) is 0 Å². The average molecular weight is 209 g/mol. The number of amides is 1. The van der Waals surface area contributed by atoms with Crippen LogP contribution in [0.1, 0.15) is 19.7 Å². The standard InChI is InChI=1S/C9H11N3OS/c1-9(2,11-6-13)8-10-5-7-12(8)3-4-14-7/h3-6H,1-2H3,(H,11,13). The van der Waals surface area contributed by atoms with Gasteiger partial charge in [0.2, 0.25) is 6.41 Å². The second kappa shape index (κ2) is 3.09. The molecule has 2 rings (SSSR count). The van der Waals surface area contributed by atoms with E-state index in [4.69, 9.17) is 0 Å². The third-order valence-electron chi connectivity index (χ3n) is 2.14. The van der Waals surface area contributed by atoms with E-state index in [2.05, 4.69) is 10.3 Å². The summed E-state index contributed by atoms with van der Waals surface area (Å²) in [4.78, 5) is 15.8. The van der Waals surface area contributed by atoms with Crippen LogP contribution in [-0.2, 0) is 10.3 Å². The van der Waals surface area contributed by atoms with Crippen LogP contribution in [0.2, 0.25) is 0 Å². The van der Waals surface area contributed by atoms with Crippen molar-refractivity contribution in [3.8, 4) is 0 Å². The maximum Gasteiger partial charge on any atom is 0.207 e. The zero-order chi connectivity index (χ0) is 10.2. The van der Waals surface area contributed by atoms with Gasteiger partial charge in [-0.05, 0) is 13.8 Å². The predicted octanol–water partition coefficient (Wildman–Crippen LogP) is 1.38. The molecule has 0 saturated heterocycles. The fraction of sp³-hybridized carbons (Fsp3) is 0.333. The zero-order valence-corrected chi connectivity index (χ0v) is 8.84. The lowest BCUT2D eigenvalue weighted by Crippen LogP contribution is -2.37. The van der Waals surface area contributed by atoms with Crippen LogP contribution in [0.25, 0.3) is 4.83 Å². The minimum absolute atomic E-state index is 0.435. The van der Waals surface area contributed by atoms with Gasteiger partial charge in [0.25, 0.3) is 0 Å². The van der Waals surface area contributed by atoms with Crippen molar-refractivity contribution < 1.29 is 4.79 Å². The first-order valence-corrected chi connectivity index (χ1v) is 5.15. The van der Waals surface area contributed by atoms with Gasteiger partial charge in [0.1, 0.15) is 10.7 Å². The molecule has 0 aliphatic carbocycles. The van der Waals surface area contributed by atoms with E-state index in [1.807, 2.05) is 36.0 Å². The minimum atomic E-state index is -0.435. The second-order valence-electron chi connectivity index (χ2n) is 3.58. The van der Waals surface area contributed by atoms with Crippen LogP contribution in [0.5, 0.6) is 0 Å². The van der Waals surface area contributed by atoms with Crippen molar-refractivity contribution in [3.05, 3.63) is 23.6 Å². The van der Waals surface area contributed by atoms with Crippen LogP contribution in [-0.4, -0.2) is 15.8 Å². The number of hydrogen-bond donors (Lipinski definition) is 1.